The number of rotatable bonds is 3. The minimum atomic E-state index is -0.186. The lowest BCUT2D eigenvalue weighted by molar-refractivity contribution is 0.465. The first-order valence-corrected chi connectivity index (χ1v) is 7.24. The largest absolute Gasteiger partial charge is 0.431 e. The van der Waals surface area contributed by atoms with Gasteiger partial charge < -0.3 is 8.98 Å². The first kappa shape index (κ1) is 13.9. The van der Waals surface area contributed by atoms with Gasteiger partial charge >= 0.3 is 0 Å². The Kier molecular flexibility index (Phi) is 3.81. The third kappa shape index (κ3) is 3.01. The van der Waals surface area contributed by atoms with E-state index in [-0.39, 0.29) is 5.56 Å². The lowest BCUT2D eigenvalue weighted by Crippen LogP contribution is -2.18. The maximum absolute atomic E-state index is 11.9. The first-order valence-electron chi connectivity index (χ1n) is 6.05. The molecule has 0 amide bonds. The third-order valence-corrected chi connectivity index (χ3v) is 3.87. The fourth-order valence-electron chi connectivity index (χ4n) is 1.68. The Labute approximate surface area is 129 Å². The number of aromatic nitrogens is 3. The number of halogens is 1. The van der Waals surface area contributed by atoms with Crippen molar-refractivity contribution >= 4 is 23.4 Å². The van der Waals surface area contributed by atoms with Gasteiger partial charge in [-0.05, 0) is 36.0 Å². The highest BCUT2D eigenvalue weighted by Gasteiger charge is 2.11. The second-order valence-electron chi connectivity index (χ2n) is 4.25. The average molecular weight is 320 g/mol. The second-order valence-corrected chi connectivity index (χ2v) is 5.62. The Morgan fingerprint density at radius 2 is 2.00 bits per heavy atom. The van der Waals surface area contributed by atoms with Crippen LogP contribution in [0.5, 0.6) is 0 Å². The number of hydrogen-bond acceptors (Lipinski definition) is 5. The Morgan fingerprint density at radius 1 is 1.24 bits per heavy atom. The monoisotopic (exact) mass is 319 g/mol. The summed E-state index contributed by atoms with van der Waals surface area (Å²) in [5.74, 6) is 0.613. The molecule has 0 fully saturated rings. The molecule has 0 aliphatic rings. The van der Waals surface area contributed by atoms with Gasteiger partial charge in [-0.25, -0.2) is 9.97 Å². The summed E-state index contributed by atoms with van der Waals surface area (Å²) in [6.45, 7) is 0. The highest BCUT2D eigenvalue weighted by Crippen LogP contribution is 2.28. The molecule has 0 radical (unpaired) electrons. The minimum Gasteiger partial charge on any atom is -0.431 e. The molecule has 2 aromatic heterocycles. The zero-order valence-corrected chi connectivity index (χ0v) is 12.6. The molecule has 0 unspecified atom stereocenters. The van der Waals surface area contributed by atoms with E-state index in [2.05, 4.69) is 9.97 Å². The second kappa shape index (κ2) is 5.75. The maximum atomic E-state index is 11.9. The molecule has 3 aromatic rings. The van der Waals surface area contributed by atoms with Crippen LogP contribution in [0.15, 0.2) is 62.3 Å². The number of benzene rings is 1. The molecule has 0 spiro atoms. The van der Waals surface area contributed by atoms with E-state index in [1.165, 1.54) is 4.57 Å². The topological polar surface area (TPSA) is 60.9 Å². The zero-order valence-electron chi connectivity index (χ0n) is 11.0. The van der Waals surface area contributed by atoms with Gasteiger partial charge in [0.05, 0.1) is 6.20 Å². The molecule has 5 nitrogen and oxygen atoms in total. The van der Waals surface area contributed by atoms with Crippen molar-refractivity contribution in [3.05, 3.63) is 58.2 Å². The van der Waals surface area contributed by atoms with Crippen LogP contribution < -0.4 is 5.56 Å². The van der Waals surface area contributed by atoms with E-state index in [0.29, 0.717) is 21.0 Å². The van der Waals surface area contributed by atoms with Gasteiger partial charge in [0.25, 0.3) is 10.8 Å². The summed E-state index contributed by atoms with van der Waals surface area (Å²) in [5.41, 5.74) is 0.682. The van der Waals surface area contributed by atoms with Crippen LogP contribution in [0.1, 0.15) is 0 Å². The van der Waals surface area contributed by atoms with Crippen LogP contribution in [0, 0.1) is 0 Å². The molecule has 0 bridgehead atoms. The minimum absolute atomic E-state index is 0.186. The standard InChI is InChI=1S/C14H10ClN3O2S/c1-18-7-6-16-12(13(18)19)21-14-17-8-11(20-14)9-2-4-10(15)5-3-9/h2-8H,1H3. The van der Waals surface area contributed by atoms with Crippen molar-refractivity contribution in [1.29, 1.82) is 0 Å². The van der Waals surface area contributed by atoms with Gasteiger partial charge in [0.1, 0.15) is 0 Å². The van der Waals surface area contributed by atoms with Crippen molar-refractivity contribution in [2.75, 3.05) is 0 Å². The molecule has 7 heteroatoms. The van der Waals surface area contributed by atoms with Crippen molar-refractivity contribution in [3.63, 3.8) is 0 Å². The molecule has 2 heterocycles. The van der Waals surface area contributed by atoms with E-state index >= 15 is 0 Å². The van der Waals surface area contributed by atoms with Gasteiger partial charge in [-0.2, -0.15) is 0 Å². The highest BCUT2D eigenvalue weighted by molar-refractivity contribution is 7.99. The molecule has 0 aliphatic carbocycles. The van der Waals surface area contributed by atoms with Crippen LogP contribution in [-0.2, 0) is 7.05 Å². The number of oxazole rings is 1. The average Bonchev–Trinajstić information content (AvgIpc) is 2.93. The van der Waals surface area contributed by atoms with Crippen molar-refractivity contribution in [1.82, 2.24) is 14.5 Å². The molecule has 21 heavy (non-hydrogen) atoms. The predicted octanol–water partition coefficient (Wildman–Crippen LogP) is 3.24. The van der Waals surface area contributed by atoms with Crippen molar-refractivity contribution in [2.45, 2.75) is 10.2 Å². The van der Waals surface area contributed by atoms with Gasteiger partial charge in [0.2, 0.25) is 0 Å². The van der Waals surface area contributed by atoms with Gasteiger partial charge in [-0.15, -0.1) is 0 Å². The molecular weight excluding hydrogens is 310 g/mol. The maximum Gasteiger partial charge on any atom is 0.283 e. The lowest BCUT2D eigenvalue weighted by Gasteiger charge is -1.99. The Hall–Kier alpha value is -2.05. The third-order valence-electron chi connectivity index (χ3n) is 2.78. The van der Waals surface area contributed by atoms with E-state index in [0.717, 1.165) is 17.3 Å². The molecule has 0 N–H and O–H groups in total. The number of aryl methyl sites for hydroxylation is 1. The SMILES string of the molecule is Cn1ccnc(Sc2ncc(-c3ccc(Cl)cc3)o2)c1=O. The summed E-state index contributed by atoms with van der Waals surface area (Å²) < 4.78 is 7.09. The molecule has 0 saturated carbocycles. The van der Waals surface area contributed by atoms with Gasteiger partial charge in [0, 0.05) is 30.0 Å². The summed E-state index contributed by atoms with van der Waals surface area (Å²) in [6, 6.07) is 7.25. The quantitative estimate of drug-likeness (QED) is 0.741. The normalized spacial score (nSPS) is 10.8. The molecule has 0 atom stereocenters. The van der Waals surface area contributed by atoms with Gasteiger partial charge in [0.15, 0.2) is 10.8 Å². The van der Waals surface area contributed by atoms with Crippen molar-refractivity contribution in [2.24, 2.45) is 7.05 Å². The van der Waals surface area contributed by atoms with E-state index in [4.69, 9.17) is 16.0 Å². The van der Waals surface area contributed by atoms with Crippen LogP contribution in [0.2, 0.25) is 5.02 Å². The molecule has 0 aliphatic heterocycles. The molecule has 3 rings (SSSR count). The zero-order chi connectivity index (χ0) is 14.8. The summed E-state index contributed by atoms with van der Waals surface area (Å²) >= 11 is 6.95. The molecule has 106 valence electrons. The smallest absolute Gasteiger partial charge is 0.283 e. The first-order chi connectivity index (χ1) is 10.1. The fourth-order valence-corrected chi connectivity index (χ4v) is 2.55. The van der Waals surface area contributed by atoms with E-state index < -0.39 is 0 Å². The highest BCUT2D eigenvalue weighted by atomic mass is 35.5. The van der Waals surface area contributed by atoms with E-state index in [1.54, 1.807) is 37.8 Å². The van der Waals surface area contributed by atoms with Crippen LogP contribution in [0.3, 0.4) is 0 Å². The van der Waals surface area contributed by atoms with Crippen molar-refractivity contribution < 1.29 is 4.42 Å². The fraction of sp³-hybridized carbons (Fsp3) is 0.0714. The Bertz CT molecular complexity index is 827. The molecule has 0 saturated heterocycles. The van der Waals surface area contributed by atoms with Crippen molar-refractivity contribution in [3.8, 4) is 11.3 Å². The van der Waals surface area contributed by atoms with Gasteiger partial charge in [-0.3, -0.25) is 4.79 Å². The predicted molar refractivity (Wildman–Crippen MR) is 80.6 cm³/mol. The van der Waals surface area contributed by atoms with Gasteiger partial charge in [-0.1, -0.05) is 11.6 Å². The Balaban J connectivity index is 1.87. The molecular formula is C14H10ClN3O2S. The van der Waals surface area contributed by atoms with E-state index in [1.807, 2.05) is 12.1 Å². The lowest BCUT2D eigenvalue weighted by atomic mass is 10.2. The van der Waals surface area contributed by atoms with Crippen LogP contribution in [-0.4, -0.2) is 14.5 Å². The Morgan fingerprint density at radius 3 is 2.76 bits per heavy atom. The van der Waals surface area contributed by atoms with Crippen LogP contribution in [0.4, 0.5) is 0 Å². The number of hydrogen-bond donors (Lipinski definition) is 0. The van der Waals surface area contributed by atoms with Crippen LogP contribution in [0.25, 0.3) is 11.3 Å². The summed E-state index contributed by atoms with van der Waals surface area (Å²) in [5, 5.41) is 1.35. The van der Waals surface area contributed by atoms with E-state index in [9.17, 15) is 4.79 Å². The van der Waals surface area contributed by atoms with Crippen LogP contribution >= 0.6 is 23.4 Å². The summed E-state index contributed by atoms with van der Waals surface area (Å²) in [7, 11) is 1.67. The summed E-state index contributed by atoms with van der Waals surface area (Å²) in [6.07, 6.45) is 4.77. The molecule has 1 aromatic carbocycles. The summed E-state index contributed by atoms with van der Waals surface area (Å²) in [4.78, 5) is 20.1. The number of nitrogens with zero attached hydrogens (tertiary/aromatic N) is 3.